The van der Waals surface area contributed by atoms with Crippen LogP contribution in [0.5, 0.6) is 0 Å². The third kappa shape index (κ3) is 4.66. The van der Waals surface area contributed by atoms with Crippen molar-refractivity contribution in [2.45, 2.75) is 13.8 Å². The highest BCUT2D eigenvalue weighted by molar-refractivity contribution is 6.30. The summed E-state index contributed by atoms with van der Waals surface area (Å²) in [6.07, 6.45) is 1.64. The van der Waals surface area contributed by atoms with E-state index in [1.807, 2.05) is 25.8 Å². The first-order valence-corrected chi connectivity index (χ1v) is 7.54. The Hall–Kier alpha value is -2.14. The highest BCUT2D eigenvalue weighted by Gasteiger charge is 2.08. The smallest absolute Gasteiger partial charge is 0.127 e. The highest BCUT2D eigenvalue weighted by atomic mass is 35.5. The molecule has 0 aliphatic rings. The molecule has 0 saturated carbocycles. The van der Waals surface area contributed by atoms with Crippen LogP contribution in [-0.2, 0) is 0 Å². The van der Waals surface area contributed by atoms with Crippen LogP contribution in [0.25, 0.3) is 0 Å². The van der Waals surface area contributed by atoms with Gasteiger partial charge in [-0.1, -0.05) is 11.6 Å². The topological polar surface area (TPSA) is 27.6 Å². The molecule has 6 heteroatoms. The molecule has 0 spiro atoms. The Morgan fingerprint density at radius 3 is 2.52 bits per heavy atom. The molecule has 0 unspecified atom stereocenters. The Bertz CT molecular complexity index is 712. The molecule has 0 aromatic heterocycles. The summed E-state index contributed by atoms with van der Waals surface area (Å²) in [6.45, 7) is 4.61. The first-order chi connectivity index (χ1) is 10.9. The molecule has 3 nitrogen and oxygen atoms in total. The molecule has 0 fully saturated rings. The van der Waals surface area contributed by atoms with Crippen molar-refractivity contribution in [3.8, 4) is 0 Å². The summed E-state index contributed by atoms with van der Waals surface area (Å²) in [5.74, 6) is -0.885. The Kier molecular flexibility index (Phi) is 5.55. The minimum absolute atomic E-state index is 0.268. The van der Waals surface area contributed by atoms with Gasteiger partial charge >= 0.3 is 0 Å². The Morgan fingerprint density at radius 1 is 1.17 bits per heavy atom. The van der Waals surface area contributed by atoms with E-state index in [1.165, 1.54) is 24.3 Å². The van der Waals surface area contributed by atoms with Crippen molar-refractivity contribution in [3.05, 3.63) is 52.6 Å². The molecule has 122 valence electrons. The number of halogens is 3. The normalized spacial score (nSPS) is 11.0. The lowest BCUT2D eigenvalue weighted by atomic mass is 10.1. The van der Waals surface area contributed by atoms with E-state index in [1.54, 1.807) is 12.4 Å². The Balaban J connectivity index is 2.35. The van der Waals surface area contributed by atoms with E-state index in [0.29, 0.717) is 17.1 Å². The van der Waals surface area contributed by atoms with Gasteiger partial charge in [0, 0.05) is 30.0 Å². The second-order valence-corrected chi connectivity index (χ2v) is 5.63. The van der Waals surface area contributed by atoms with Gasteiger partial charge in [-0.05, 0) is 49.7 Å². The number of anilines is 2. The molecule has 0 saturated heterocycles. The van der Waals surface area contributed by atoms with Gasteiger partial charge in [-0.25, -0.2) is 13.8 Å². The lowest BCUT2D eigenvalue weighted by Crippen LogP contribution is -2.14. The summed E-state index contributed by atoms with van der Waals surface area (Å²) in [6, 6.07) is 6.78. The number of hydrogen-bond acceptors (Lipinski definition) is 2. The van der Waals surface area contributed by atoms with Crippen LogP contribution in [0, 0.1) is 18.6 Å². The van der Waals surface area contributed by atoms with Crippen LogP contribution in [-0.4, -0.2) is 24.8 Å². The van der Waals surface area contributed by atoms with E-state index in [0.717, 1.165) is 12.1 Å². The molecule has 2 aromatic rings. The molecular weight excluding hydrogens is 320 g/mol. The Labute approximate surface area is 139 Å². The summed E-state index contributed by atoms with van der Waals surface area (Å²) >= 11 is 5.84. The van der Waals surface area contributed by atoms with Gasteiger partial charge in [0.2, 0.25) is 0 Å². The van der Waals surface area contributed by atoms with Gasteiger partial charge in [0.15, 0.2) is 0 Å². The van der Waals surface area contributed by atoms with Crippen LogP contribution < -0.4 is 5.32 Å². The minimum Gasteiger partial charge on any atom is -0.366 e. The van der Waals surface area contributed by atoms with Gasteiger partial charge in [-0.3, -0.25) is 0 Å². The summed E-state index contributed by atoms with van der Waals surface area (Å²) in [4.78, 5) is 6.17. The average molecular weight is 338 g/mol. The van der Waals surface area contributed by atoms with Crippen molar-refractivity contribution in [1.29, 1.82) is 0 Å². The second-order valence-electron chi connectivity index (χ2n) is 5.20. The van der Waals surface area contributed by atoms with Crippen LogP contribution in [0.2, 0.25) is 5.02 Å². The quantitative estimate of drug-likeness (QED) is 0.593. The molecule has 0 bridgehead atoms. The van der Waals surface area contributed by atoms with Crippen LogP contribution >= 0.6 is 11.6 Å². The maximum absolute atomic E-state index is 13.8. The molecule has 0 amide bonds. The monoisotopic (exact) mass is 337 g/mol. The molecular formula is C17H18ClF2N3. The van der Waals surface area contributed by atoms with E-state index in [2.05, 4.69) is 10.3 Å². The average Bonchev–Trinajstić information content (AvgIpc) is 2.47. The van der Waals surface area contributed by atoms with Crippen molar-refractivity contribution in [3.63, 3.8) is 0 Å². The van der Waals surface area contributed by atoms with E-state index < -0.39 is 11.6 Å². The molecule has 0 aliphatic heterocycles. The van der Waals surface area contributed by atoms with Crippen LogP contribution in [0.4, 0.5) is 25.8 Å². The fraction of sp³-hybridized carbons (Fsp3) is 0.235. The molecule has 0 atom stereocenters. The summed E-state index contributed by atoms with van der Waals surface area (Å²) in [7, 11) is 1.88. The largest absolute Gasteiger partial charge is 0.366 e. The molecule has 23 heavy (non-hydrogen) atoms. The summed E-state index contributed by atoms with van der Waals surface area (Å²) in [5.41, 5.74) is 2.23. The fourth-order valence-corrected chi connectivity index (χ4v) is 2.17. The molecule has 0 radical (unpaired) electrons. The van der Waals surface area contributed by atoms with Gasteiger partial charge in [-0.15, -0.1) is 0 Å². The van der Waals surface area contributed by atoms with Crippen LogP contribution in [0.3, 0.4) is 0 Å². The number of hydrogen-bond donors (Lipinski definition) is 1. The number of aliphatic imine (C=N–C) groups is 1. The van der Waals surface area contributed by atoms with Crippen molar-refractivity contribution >= 4 is 35.0 Å². The number of nitrogens with one attached hydrogen (secondary N) is 1. The SMILES string of the molecule is CCN(C)C=Nc1cc(F)cc(Nc2cc(F)cc(Cl)c2)c1C. The van der Waals surface area contributed by atoms with Crippen LogP contribution in [0.15, 0.2) is 35.3 Å². The maximum atomic E-state index is 13.8. The number of nitrogens with zero attached hydrogens (tertiary/aromatic N) is 2. The van der Waals surface area contributed by atoms with E-state index in [4.69, 9.17) is 11.6 Å². The van der Waals surface area contributed by atoms with E-state index >= 15 is 0 Å². The lowest BCUT2D eigenvalue weighted by Gasteiger charge is -2.13. The summed E-state index contributed by atoms with van der Waals surface area (Å²) in [5, 5.41) is 3.25. The number of benzene rings is 2. The zero-order chi connectivity index (χ0) is 17.0. The van der Waals surface area contributed by atoms with Gasteiger partial charge in [0.25, 0.3) is 0 Å². The zero-order valence-corrected chi connectivity index (χ0v) is 14.0. The van der Waals surface area contributed by atoms with Gasteiger partial charge in [-0.2, -0.15) is 0 Å². The van der Waals surface area contributed by atoms with E-state index in [9.17, 15) is 8.78 Å². The van der Waals surface area contributed by atoms with Crippen molar-refractivity contribution < 1.29 is 8.78 Å². The molecule has 1 N–H and O–H groups in total. The molecule has 0 heterocycles. The fourth-order valence-electron chi connectivity index (χ4n) is 1.95. The van der Waals surface area contributed by atoms with Crippen molar-refractivity contribution in [2.75, 3.05) is 18.9 Å². The predicted molar refractivity (Wildman–Crippen MR) is 92.3 cm³/mol. The Morgan fingerprint density at radius 2 is 1.87 bits per heavy atom. The predicted octanol–water partition coefficient (Wildman–Crippen LogP) is 5.28. The van der Waals surface area contributed by atoms with Gasteiger partial charge in [0.1, 0.15) is 11.6 Å². The third-order valence-electron chi connectivity index (χ3n) is 3.38. The zero-order valence-electron chi connectivity index (χ0n) is 13.2. The van der Waals surface area contributed by atoms with Crippen molar-refractivity contribution in [2.24, 2.45) is 4.99 Å². The van der Waals surface area contributed by atoms with E-state index in [-0.39, 0.29) is 5.02 Å². The van der Waals surface area contributed by atoms with Gasteiger partial charge < -0.3 is 10.2 Å². The third-order valence-corrected chi connectivity index (χ3v) is 3.60. The lowest BCUT2D eigenvalue weighted by molar-refractivity contribution is 0.552. The van der Waals surface area contributed by atoms with Crippen molar-refractivity contribution in [1.82, 2.24) is 4.90 Å². The number of rotatable bonds is 5. The minimum atomic E-state index is -0.461. The first-order valence-electron chi connectivity index (χ1n) is 7.16. The molecule has 2 rings (SSSR count). The summed E-state index contributed by atoms with van der Waals surface area (Å²) < 4.78 is 27.3. The maximum Gasteiger partial charge on any atom is 0.127 e. The van der Waals surface area contributed by atoms with Gasteiger partial charge in [0.05, 0.1) is 12.0 Å². The second kappa shape index (κ2) is 7.42. The standard InChI is InChI=1S/C17H18ClF2N3/c1-4-23(3)10-21-16-8-14(20)9-17(11(16)2)22-15-6-12(18)5-13(19)7-15/h5-10,22H,4H2,1-3H3. The molecule has 0 aliphatic carbocycles. The first kappa shape index (κ1) is 17.2. The van der Waals surface area contributed by atoms with Crippen LogP contribution in [0.1, 0.15) is 12.5 Å². The highest BCUT2D eigenvalue weighted by Crippen LogP contribution is 2.31. The molecule has 2 aromatic carbocycles.